The molecule has 2 aliphatic heterocycles. The second-order valence-electron chi connectivity index (χ2n) is 7.89. The number of nitrogens with one attached hydrogen (secondary N) is 2. The topological polar surface area (TPSA) is 61.4 Å². The van der Waals surface area contributed by atoms with Crippen LogP contribution in [-0.2, 0) is 4.79 Å². The molecule has 3 amide bonds. The van der Waals surface area contributed by atoms with E-state index in [2.05, 4.69) is 10.6 Å². The lowest BCUT2D eigenvalue weighted by molar-refractivity contribution is -0.123. The van der Waals surface area contributed by atoms with Crippen molar-refractivity contribution in [3.63, 3.8) is 0 Å². The SMILES string of the molecule is Cc1ccc(NC(=O)N2[C@@H]3CCC[C@H]2CC(NC(=O)C2CC2)C3)cc1. The van der Waals surface area contributed by atoms with Crippen molar-refractivity contribution in [3.05, 3.63) is 29.8 Å². The van der Waals surface area contributed by atoms with Gasteiger partial charge in [-0.2, -0.15) is 0 Å². The first-order valence-electron chi connectivity index (χ1n) is 9.56. The lowest BCUT2D eigenvalue weighted by Crippen LogP contribution is -2.59. The van der Waals surface area contributed by atoms with Crippen molar-refractivity contribution < 1.29 is 9.59 Å². The number of hydrogen-bond donors (Lipinski definition) is 2. The number of rotatable bonds is 3. The van der Waals surface area contributed by atoms with Gasteiger partial charge in [0.2, 0.25) is 5.91 Å². The monoisotopic (exact) mass is 341 g/mol. The van der Waals surface area contributed by atoms with E-state index in [1.807, 2.05) is 36.1 Å². The molecular weight excluding hydrogens is 314 g/mol. The highest BCUT2D eigenvalue weighted by molar-refractivity contribution is 5.90. The standard InChI is InChI=1S/C20H27N3O2/c1-13-5-9-15(10-6-13)22-20(25)23-17-3-2-4-18(23)12-16(11-17)21-19(24)14-7-8-14/h5-6,9-10,14,16-18H,2-4,7-8,11-12H2,1H3,(H,21,24)(H,22,25)/t16?,17-,18+. The fourth-order valence-electron chi connectivity index (χ4n) is 4.32. The number of aryl methyl sites for hydroxylation is 1. The van der Waals surface area contributed by atoms with Crippen LogP contribution < -0.4 is 10.6 Å². The lowest BCUT2D eigenvalue weighted by atomic mass is 9.82. The minimum atomic E-state index is 0.00511. The van der Waals surface area contributed by atoms with Crippen LogP contribution >= 0.6 is 0 Å². The maximum atomic E-state index is 12.8. The van der Waals surface area contributed by atoms with E-state index in [4.69, 9.17) is 0 Å². The molecule has 5 nitrogen and oxygen atoms in total. The summed E-state index contributed by atoms with van der Waals surface area (Å²) in [4.78, 5) is 27.0. The van der Waals surface area contributed by atoms with Crippen molar-refractivity contribution in [1.29, 1.82) is 0 Å². The number of piperidine rings is 2. The van der Waals surface area contributed by atoms with E-state index < -0.39 is 0 Å². The Bertz CT molecular complexity index is 639. The fraction of sp³-hybridized carbons (Fsp3) is 0.600. The van der Waals surface area contributed by atoms with E-state index >= 15 is 0 Å². The normalized spacial score (nSPS) is 28.4. The first-order chi connectivity index (χ1) is 12.1. The van der Waals surface area contributed by atoms with E-state index in [9.17, 15) is 9.59 Å². The number of carbonyl (C=O) groups excluding carboxylic acids is 2. The van der Waals surface area contributed by atoms with Gasteiger partial charge in [-0.3, -0.25) is 4.79 Å². The fourth-order valence-corrected chi connectivity index (χ4v) is 4.32. The molecule has 2 N–H and O–H groups in total. The Kier molecular flexibility index (Phi) is 4.40. The number of carbonyl (C=O) groups is 2. The minimum Gasteiger partial charge on any atom is -0.353 e. The molecule has 1 saturated carbocycles. The van der Waals surface area contributed by atoms with E-state index in [1.165, 1.54) is 12.0 Å². The molecule has 3 fully saturated rings. The zero-order valence-electron chi connectivity index (χ0n) is 14.8. The van der Waals surface area contributed by atoms with Crippen molar-refractivity contribution in [3.8, 4) is 0 Å². The molecule has 25 heavy (non-hydrogen) atoms. The Labute approximate surface area is 149 Å². The minimum absolute atomic E-state index is 0.00511. The molecule has 1 unspecified atom stereocenters. The first-order valence-corrected chi connectivity index (χ1v) is 9.56. The van der Waals surface area contributed by atoms with Crippen LogP contribution in [0.5, 0.6) is 0 Å². The molecule has 4 rings (SSSR count). The first kappa shape index (κ1) is 16.4. The number of nitrogens with zero attached hydrogens (tertiary/aromatic N) is 1. The summed E-state index contributed by atoms with van der Waals surface area (Å²) in [6.45, 7) is 2.04. The van der Waals surface area contributed by atoms with E-state index in [0.29, 0.717) is 0 Å². The number of fused-ring (bicyclic) bond motifs is 2. The summed E-state index contributed by atoms with van der Waals surface area (Å²) in [5.74, 6) is 0.475. The van der Waals surface area contributed by atoms with Crippen molar-refractivity contribution in [2.45, 2.75) is 70.0 Å². The van der Waals surface area contributed by atoms with Gasteiger partial charge in [-0.25, -0.2) is 4.79 Å². The van der Waals surface area contributed by atoms with Crippen LogP contribution in [0.3, 0.4) is 0 Å². The Morgan fingerprint density at radius 3 is 2.24 bits per heavy atom. The summed E-state index contributed by atoms with van der Waals surface area (Å²) in [7, 11) is 0. The van der Waals surface area contributed by atoms with Crippen molar-refractivity contribution in [1.82, 2.24) is 10.2 Å². The Balaban J connectivity index is 1.40. The average molecular weight is 341 g/mol. The molecule has 2 bridgehead atoms. The third-order valence-corrected chi connectivity index (χ3v) is 5.81. The molecule has 0 radical (unpaired) electrons. The molecule has 1 aliphatic carbocycles. The van der Waals surface area contributed by atoms with E-state index in [0.717, 1.165) is 44.2 Å². The van der Waals surface area contributed by atoms with Crippen molar-refractivity contribution >= 4 is 17.6 Å². The summed E-state index contributed by atoms with van der Waals surface area (Å²) in [5.41, 5.74) is 2.03. The van der Waals surface area contributed by atoms with Crippen LogP contribution in [0.1, 0.15) is 50.5 Å². The highest BCUT2D eigenvalue weighted by atomic mass is 16.2. The second-order valence-corrected chi connectivity index (χ2v) is 7.89. The van der Waals surface area contributed by atoms with Gasteiger partial charge in [0.05, 0.1) is 0 Å². The highest BCUT2D eigenvalue weighted by Crippen LogP contribution is 2.35. The van der Waals surface area contributed by atoms with Gasteiger partial charge < -0.3 is 15.5 Å². The number of amides is 3. The second kappa shape index (κ2) is 6.70. The van der Waals surface area contributed by atoms with Crippen LogP contribution in [0.2, 0.25) is 0 Å². The van der Waals surface area contributed by atoms with Gasteiger partial charge in [0, 0.05) is 29.7 Å². The molecule has 3 aliphatic rings. The number of anilines is 1. The molecular formula is C20H27N3O2. The molecule has 1 aromatic rings. The van der Waals surface area contributed by atoms with Crippen LogP contribution in [0.4, 0.5) is 10.5 Å². The van der Waals surface area contributed by atoms with E-state index in [-0.39, 0.29) is 36.0 Å². The Morgan fingerprint density at radius 1 is 1.00 bits per heavy atom. The Morgan fingerprint density at radius 2 is 1.64 bits per heavy atom. The molecule has 3 atom stereocenters. The van der Waals surface area contributed by atoms with Crippen LogP contribution in [0.15, 0.2) is 24.3 Å². The van der Waals surface area contributed by atoms with E-state index in [1.54, 1.807) is 0 Å². The maximum absolute atomic E-state index is 12.8. The lowest BCUT2D eigenvalue weighted by Gasteiger charge is -2.48. The number of hydrogen-bond acceptors (Lipinski definition) is 2. The van der Waals surface area contributed by atoms with Crippen LogP contribution in [0, 0.1) is 12.8 Å². The molecule has 2 saturated heterocycles. The van der Waals surface area contributed by atoms with Gasteiger partial charge in [-0.15, -0.1) is 0 Å². The zero-order valence-corrected chi connectivity index (χ0v) is 14.8. The molecule has 0 spiro atoms. The summed E-state index contributed by atoms with van der Waals surface area (Å²) < 4.78 is 0. The predicted molar refractivity (Wildman–Crippen MR) is 97.4 cm³/mol. The third-order valence-electron chi connectivity index (χ3n) is 5.81. The van der Waals surface area contributed by atoms with Crippen LogP contribution in [0.25, 0.3) is 0 Å². The molecule has 0 aromatic heterocycles. The van der Waals surface area contributed by atoms with Gasteiger partial charge in [-0.05, 0) is 64.0 Å². The van der Waals surface area contributed by atoms with Gasteiger partial charge in [0.1, 0.15) is 0 Å². The third kappa shape index (κ3) is 3.65. The Hall–Kier alpha value is -2.04. The summed E-state index contributed by atoms with van der Waals surface area (Å²) >= 11 is 0. The van der Waals surface area contributed by atoms with Gasteiger partial charge in [0.25, 0.3) is 0 Å². The van der Waals surface area contributed by atoms with Crippen molar-refractivity contribution in [2.24, 2.45) is 5.92 Å². The number of benzene rings is 1. The molecule has 2 heterocycles. The van der Waals surface area contributed by atoms with Gasteiger partial charge in [-0.1, -0.05) is 17.7 Å². The maximum Gasteiger partial charge on any atom is 0.322 e. The molecule has 1 aromatic carbocycles. The summed E-state index contributed by atoms with van der Waals surface area (Å²) in [6.07, 6.45) is 7.09. The molecule has 134 valence electrons. The predicted octanol–water partition coefficient (Wildman–Crippen LogP) is 3.44. The molecule has 5 heteroatoms. The summed E-state index contributed by atoms with van der Waals surface area (Å²) in [6, 6.07) is 8.63. The summed E-state index contributed by atoms with van der Waals surface area (Å²) in [5, 5.41) is 6.28. The van der Waals surface area contributed by atoms with Gasteiger partial charge in [0.15, 0.2) is 0 Å². The van der Waals surface area contributed by atoms with Crippen molar-refractivity contribution in [2.75, 3.05) is 5.32 Å². The number of urea groups is 1. The van der Waals surface area contributed by atoms with Gasteiger partial charge >= 0.3 is 6.03 Å². The zero-order chi connectivity index (χ0) is 17.4. The smallest absolute Gasteiger partial charge is 0.322 e. The average Bonchev–Trinajstić information content (AvgIpc) is 3.41. The largest absolute Gasteiger partial charge is 0.353 e. The van der Waals surface area contributed by atoms with Crippen LogP contribution in [-0.4, -0.2) is 35.0 Å². The highest BCUT2D eigenvalue weighted by Gasteiger charge is 2.42. The quantitative estimate of drug-likeness (QED) is 0.885.